The molecule has 3 atom stereocenters. The maximum atomic E-state index is 11.9. The molecule has 2 saturated heterocycles. The molecule has 7 nitrogen and oxygen atoms in total. The van der Waals surface area contributed by atoms with Crippen molar-refractivity contribution < 1.29 is 19.4 Å². The van der Waals surface area contributed by atoms with Crippen LogP contribution in [0.2, 0.25) is 0 Å². The zero-order chi connectivity index (χ0) is 13.0. The Labute approximate surface area is 105 Å². The molecule has 2 fully saturated rings. The van der Waals surface area contributed by atoms with E-state index in [-0.39, 0.29) is 12.0 Å². The van der Waals surface area contributed by atoms with Gasteiger partial charge in [-0.3, -0.25) is 9.59 Å². The highest BCUT2D eigenvalue weighted by Gasteiger charge is 2.35. The molecule has 18 heavy (non-hydrogen) atoms. The van der Waals surface area contributed by atoms with Gasteiger partial charge >= 0.3 is 5.97 Å². The maximum Gasteiger partial charge on any atom is 0.322 e. The molecular weight excluding hydrogens is 238 g/mol. The van der Waals surface area contributed by atoms with Crippen molar-refractivity contribution in [3.8, 4) is 0 Å². The van der Waals surface area contributed by atoms with E-state index in [9.17, 15) is 9.59 Å². The van der Waals surface area contributed by atoms with Crippen molar-refractivity contribution in [3.05, 3.63) is 0 Å². The molecule has 2 rings (SSSR count). The highest BCUT2D eigenvalue weighted by Crippen LogP contribution is 2.10. The lowest BCUT2D eigenvalue weighted by Gasteiger charge is -2.30. The average Bonchev–Trinajstić information content (AvgIpc) is 2.89. The van der Waals surface area contributed by atoms with Crippen LogP contribution >= 0.6 is 0 Å². The summed E-state index contributed by atoms with van der Waals surface area (Å²) in [6, 6.07) is -1.60. The zero-order valence-electron chi connectivity index (χ0n) is 10.1. The molecule has 0 aromatic rings. The number of nitrogens with one attached hydrogen (secondary N) is 3. The molecule has 0 aromatic heterocycles. The summed E-state index contributed by atoms with van der Waals surface area (Å²) >= 11 is 0. The summed E-state index contributed by atoms with van der Waals surface area (Å²) in [7, 11) is 0. The first-order valence-electron chi connectivity index (χ1n) is 6.27. The van der Waals surface area contributed by atoms with Crippen molar-refractivity contribution >= 4 is 11.9 Å². The number of carboxylic acid groups (broad SMARTS) is 1. The van der Waals surface area contributed by atoms with Gasteiger partial charge in [0.25, 0.3) is 0 Å². The zero-order valence-corrected chi connectivity index (χ0v) is 10.1. The van der Waals surface area contributed by atoms with E-state index in [4.69, 9.17) is 9.84 Å². The van der Waals surface area contributed by atoms with Gasteiger partial charge in [-0.2, -0.15) is 0 Å². The van der Waals surface area contributed by atoms with Gasteiger partial charge < -0.3 is 25.8 Å². The molecule has 2 aliphatic heterocycles. The van der Waals surface area contributed by atoms with E-state index in [0.29, 0.717) is 19.6 Å². The summed E-state index contributed by atoms with van der Waals surface area (Å²) in [4.78, 5) is 23.0. The molecule has 3 unspecified atom stereocenters. The fraction of sp³-hybridized carbons (Fsp3) is 0.818. The Kier molecular flexibility index (Phi) is 4.51. The first kappa shape index (κ1) is 13.3. The van der Waals surface area contributed by atoms with Gasteiger partial charge in [0.05, 0.1) is 6.10 Å². The predicted octanol–water partition coefficient (Wildman–Crippen LogP) is -1.70. The minimum atomic E-state index is -1.01. The molecule has 2 heterocycles. The summed E-state index contributed by atoms with van der Waals surface area (Å²) in [5.41, 5.74) is 0. The third-order valence-corrected chi connectivity index (χ3v) is 3.26. The van der Waals surface area contributed by atoms with Gasteiger partial charge in [0, 0.05) is 26.2 Å². The van der Waals surface area contributed by atoms with Crippen molar-refractivity contribution in [2.45, 2.75) is 31.0 Å². The van der Waals surface area contributed by atoms with Crippen LogP contribution in [0.5, 0.6) is 0 Å². The van der Waals surface area contributed by atoms with Gasteiger partial charge in [0.1, 0.15) is 12.1 Å². The Hall–Kier alpha value is -1.18. The average molecular weight is 257 g/mol. The number of amides is 1. The summed E-state index contributed by atoms with van der Waals surface area (Å²) in [6.07, 6.45) is 2.02. The number of piperazine rings is 1. The second-order valence-electron chi connectivity index (χ2n) is 4.58. The molecule has 0 radical (unpaired) electrons. The second kappa shape index (κ2) is 6.12. The van der Waals surface area contributed by atoms with Crippen LogP contribution in [-0.4, -0.2) is 61.4 Å². The standard InChI is InChI=1S/C11H19N3O4/c15-10(14-6-7-2-1-5-18-7)8-9(11(16)17)13-4-3-12-8/h7-9,12-13H,1-6H2,(H,14,15)(H,16,17). The number of ether oxygens (including phenoxy) is 1. The molecule has 0 aromatic carbocycles. The Balaban J connectivity index is 1.83. The van der Waals surface area contributed by atoms with Crippen LogP contribution in [0.15, 0.2) is 0 Å². The van der Waals surface area contributed by atoms with Gasteiger partial charge in [-0.05, 0) is 12.8 Å². The lowest BCUT2D eigenvalue weighted by Crippen LogP contribution is -2.64. The quantitative estimate of drug-likeness (QED) is 0.479. The molecule has 1 amide bonds. The molecule has 7 heteroatoms. The molecule has 0 spiro atoms. The molecule has 102 valence electrons. The highest BCUT2D eigenvalue weighted by atomic mass is 16.5. The van der Waals surface area contributed by atoms with E-state index in [2.05, 4.69) is 16.0 Å². The van der Waals surface area contributed by atoms with E-state index in [1.54, 1.807) is 0 Å². The minimum Gasteiger partial charge on any atom is -0.480 e. The van der Waals surface area contributed by atoms with Gasteiger partial charge in [-0.1, -0.05) is 0 Å². The summed E-state index contributed by atoms with van der Waals surface area (Å²) in [5, 5.41) is 17.5. The SMILES string of the molecule is O=C(O)C1NCCNC1C(=O)NCC1CCCO1. The fourth-order valence-electron chi connectivity index (χ4n) is 2.29. The number of aliphatic carboxylic acids is 1. The fourth-order valence-corrected chi connectivity index (χ4v) is 2.29. The third kappa shape index (κ3) is 3.18. The van der Waals surface area contributed by atoms with Crippen molar-refractivity contribution in [3.63, 3.8) is 0 Å². The predicted molar refractivity (Wildman–Crippen MR) is 63.2 cm³/mol. The Morgan fingerprint density at radius 2 is 2.00 bits per heavy atom. The first-order valence-corrected chi connectivity index (χ1v) is 6.27. The van der Waals surface area contributed by atoms with E-state index in [1.807, 2.05) is 0 Å². The number of rotatable bonds is 4. The maximum absolute atomic E-state index is 11.9. The van der Waals surface area contributed by atoms with Crippen molar-refractivity contribution in [2.24, 2.45) is 0 Å². The topological polar surface area (TPSA) is 99.7 Å². The molecule has 2 aliphatic rings. The largest absolute Gasteiger partial charge is 0.480 e. The Morgan fingerprint density at radius 1 is 1.28 bits per heavy atom. The van der Waals surface area contributed by atoms with Crippen LogP contribution in [0.25, 0.3) is 0 Å². The van der Waals surface area contributed by atoms with E-state index in [1.165, 1.54) is 0 Å². The van der Waals surface area contributed by atoms with Gasteiger partial charge in [-0.25, -0.2) is 0 Å². The van der Waals surface area contributed by atoms with Crippen LogP contribution in [0.4, 0.5) is 0 Å². The normalized spacial score (nSPS) is 32.1. The first-order chi connectivity index (χ1) is 8.68. The van der Waals surface area contributed by atoms with E-state index < -0.39 is 18.1 Å². The number of carboxylic acids is 1. The third-order valence-electron chi connectivity index (χ3n) is 3.26. The van der Waals surface area contributed by atoms with Crippen molar-refractivity contribution in [1.29, 1.82) is 0 Å². The van der Waals surface area contributed by atoms with Gasteiger partial charge in [0.2, 0.25) is 5.91 Å². The number of hydrogen-bond donors (Lipinski definition) is 4. The monoisotopic (exact) mass is 257 g/mol. The Bertz CT molecular complexity index is 317. The molecule has 0 aliphatic carbocycles. The minimum absolute atomic E-state index is 0.0637. The smallest absolute Gasteiger partial charge is 0.322 e. The van der Waals surface area contributed by atoms with Crippen LogP contribution in [0.3, 0.4) is 0 Å². The van der Waals surface area contributed by atoms with Gasteiger partial charge in [0.15, 0.2) is 0 Å². The van der Waals surface area contributed by atoms with Gasteiger partial charge in [-0.15, -0.1) is 0 Å². The number of carbonyl (C=O) groups is 2. The summed E-state index contributed by atoms with van der Waals surface area (Å²) < 4.78 is 5.40. The number of hydrogen-bond acceptors (Lipinski definition) is 5. The van der Waals surface area contributed by atoms with Crippen molar-refractivity contribution in [2.75, 3.05) is 26.2 Å². The molecular formula is C11H19N3O4. The van der Waals surface area contributed by atoms with Crippen LogP contribution in [0, 0.1) is 0 Å². The van der Waals surface area contributed by atoms with Crippen LogP contribution < -0.4 is 16.0 Å². The Morgan fingerprint density at radius 3 is 2.61 bits per heavy atom. The summed E-state index contributed by atoms with van der Waals surface area (Å²) in [5.74, 6) is -1.30. The summed E-state index contributed by atoms with van der Waals surface area (Å²) in [6.45, 7) is 2.32. The van der Waals surface area contributed by atoms with E-state index >= 15 is 0 Å². The van der Waals surface area contributed by atoms with Crippen molar-refractivity contribution in [1.82, 2.24) is 16.0 Å². The van der Waals surface area contributed by atoms with Crippen LogP contribution in [-0.2, 0) is 14.3 Å². The highest BCUT2D eigenvalue weighted by molar-refractivity contribution is 5.89. The lowest BCUT2D eigenvalue weighted by atomic mass is 10.1. The lowest BCUT2D eigenvalue weighted by molar-refractivity contribution is -0.143. The second-order valence-corrected chi connectivity index (χ2v) is 4.58. The molecule has 0 saturated carbocycles. The van der Waals surface area contributed by atoms with E-state index in [0.717, 1.165) is 19.4 Å². The molecule has 0 bridgehead atoms. The van der Waals surface area contributed by atoms with Crippen LogP contribution in [0.1, 0.15) is 12.8 Å². The molecule has 4 N–H and O–H groups in total. The number of carbonyl (C=O) groups excluding carboxylic acids is 1.